The van der Waals surface area contributed by atoms with Crippen molar-refractivity contribution in [1.29, 1.82) is 0 Å². The molecule has 2 aromatic carbocycles. The minimum absolute atomic E-state index is 0.0932. The molecule has 1 aliphatic rings. The topological polar surface area (TPSA) is 74.0 Å². The molecule has 3 aromatic rings. The summed E-state index contributed by atoms with van der Waals surface area (Å²) in [6.07, 6.45) is 1.59. The van der Waals surface area contributed by atoms with E-state index >= 15 is 0 Å². The van der Waals surface area contributed by atoms with Crippen molar-refractivity contribution in [2.24, 2.45) is 0 Å². The van der Waals surface area contributed by atoms with E-state index in [2.05, 4.69) is 49.7 Å². The van der Waals surface area contributed by atoms with Crippen LogP contribution >= 0.6 is 15.9 Å². The molecule has 1 saturated heterocycles. The molecule has 5 nitrogen and oxygen atoms in total. The Labute approximate surface area is 165 Å². The number of halogens is 1. The third-order valence-electron chi connectivity index (χ3n) is 4.94. The molecule has 138 valence electrons. The molecule has 3 N–H and O–H groups in total. The lowest BCUT2D eigenvalue weighted by molar-refractivity contribution is -0.127. The molecule has 1 aliphatic heterocycles. The van der Waals surface area contributed by atoms with Crippen LogP contribution in [0.3, 0.4) is 0 Å². The highest BCUT2D eigenvalue weighted by Crippen LogP contribution is 2.34. The van der Waals surface area contributed by atoms with E-state index in [1.807, 2.05) is 30.3 Å². The van der Waals surface area contributed by atoms with Crippen molar-refractivity contribution >= 4 is 38.6 Å². The monoisotopic (exact) mass is 425 g/mol. The number of aryl methyl sites for hydroxylation is 1. The number of para-hydroxylation sites is 1. The van der Waals surface area contributed by atoms with Crippen molar-refractivity contribution in [3.63, 3.8) is 0 Å². The smallest absolute Gasteiger partial charge is 0.242 e. The number of nitrogens with one attached hydrogen (secondary N) is 3. The third kappa shape index (κ3) is 3.62. The molecule has 1 atom stereocenters. The zero-order chi connectivity index (χ0) is 18.8. The fourth-order valence-electron chi connectivity index (χ4n) is 3.59. The van der Waals surface area contributed by atoms with Gasteiger partial charge in [0, 0.05) is 28.5 Å². The number of hydrogen-bond donors (Lipinski definition) is 3. The fourth-order valence-corrected chi connectivity index (χ4v) is 4.05. The summed E-state index contributed by atoms with van der Waals surface area (Å²) in [7, 11) is 0. The number of carbonyl (C=O) groups is 2. The average Bonchev–Trinajstić information content (AvgIpc) is 3.25. The number of carbonyl (C=O) groups excluding carboxylic acids is 2. The van der Waals surface area contributed by atoms with E-state index in [1.165, 1.54) is 0 Å². The Hall–Kier alpha value is -2.60. The van der Waals surface area contributed by atoms with Gasteiger partial charge >= 0.3 is 0 Å². The van der Waals surface area contributed by atoms with Gasteiger partial charge in [-0.05, 0) is 46.0 Å². The molecule has 2 amide bonds. The minimum Gasteiger partial charge on any atom is -0.354 e. The van der Waals surface area contributed by atoms with Crippen molar-refractivity contribution in [1.82, 2.24) is 15.6 Å². The van der Waals surface area contributed by atoms with Crippen LogP contribution in [0.25, 0.3) is 22.2 Å². The van der Waals surface area contributed by atoms with Crippen LogP contribution in [0.4, 0.5) is 0 Å². The SMILES string of the molecule is O=C(CCc1c(-c2ccccc2)[nH]c2c(Br)cccc12)NC1CCNC1=O. The van der Waals surface area contributed by atoms with E-state index in [-0.39, 0.29) is 11.8 Å². The summed E-state index contributed by atoms with van der Waals surface area (Å²) in [4.78, 5) is 27.5. The summed E-state index contributed by atoms with van der Waals surface area (Å²) < 4.78 is 0.996. The van der Waals surface area contributed by atoms with Crippen molar-refractivity contribution in [2.45, 2.75) is 25.3 Å². The molecular formula is C21H20BrN3O2. The summed E-state index contributed by atoms with van der Waals surface area (Å²) >= 11 is 3.61. The molecule has 4 rings (SSSR count). The van der Waals surface area contributed by atoms with E-state index in [0.29, 0.717) is 25.8 Å². The highest BCUT2D eigenvalue weighted by atomic mass is 79.9. The maximum Gasteiger partial charge on any atom is 0.242 e. The Bertz CT molecular complexity index is 997. The van der Waals surface area contributed by atoms with Crippen LogP contribution in [0.5, 0.6) is 0 Å². The normalized spacial score (nSPS) is 16.5. The molecule has 0 spiro atoms. The van der Waals surface area contributed by atoms with Crippen LogP contribution in [0.15, 0.2) is 53.0 Å². The van der Waals surface area contributed by atoms with E-state index < -0.39 is 6.04 Å². The number of aromatic nitrogens is 1. The summed E-state index contributed by atoms with van der Waals surface area (Å²) in [6.45, 7) is 0.623. The second-order valence-corrected chi connectivity index (χ2v) is 7.56. The van der Waals surface area contributed by atoms with Gasteiger partial charge in [-0.15, -0.1) is 0 Å². The fraction of sp³-hybridized carbons (Fsp3) is 0.238. The summed E-state index contributed by atoms with van der Waals surface area (Å²) in [6, 6.07) is 15.8. The largest absolute Gasteiger partial charge is 0.354 e. The number of fused-ring (bicyclic) bond motifs is 1. The third-order valence-corrected chi connectivity index (χ3v) is 5.60. The number of rotatable bonds is 5. The van der Waals surface area contributed by atoms with Gasteiger partial charge in [-0.2, -0.15) is 0 Å². The molecule has 1 unspecified atom stereocenters. The maximum atomic E-state index is 12.4. The average molecular weight is 426 g/mol. The molecule has 0 aliphatic carbocycles. The quantitative estimate of drug-likeness (QED) is 0.584. The lowest BCUT2D eigenvalue weighted by atomic mass is 10.0. The molecule has 1 aromatic heterocycles. The van der Waals surface area contributed by atoms with Gasteiger partial charge in [-0.1, -0.05) is 42.5 Å². The first-order valence-electron chi connectivity index (χ1n) is 9.05. The van der Waals surface area contributed by atoms with Crippen LogP contribution in [0, 0.1) is 0 Å². The number of amides is 2. The molecule has 6 heteroatoms. The van der Waals surface area contributed by atoms with Gasteiger partial charge in [0.25, 0.3) is 0 Å². The molecular weight excluding hydrogens is 406 g/mol. The Morgan fingerprint density at radius 2 is 1.96 bits per heavy atom. The highest BCUT2D eigenvalue weighted by molar-refractivity contribution is 9.10. The Morgan fingerprint density at radius 3 is 2.70 bits per heavy atom. The molecule has 0 bridgehead atoms. The Kier molecular flexibility index (Phi) is 4.99. The second-order valence-electron chi connectivity index (χ2n) is 6.71. The van der Waals surface area contributed by atoms with Crippen molar-refractivity contribution in [3.05, 3.63) is 58.6 Å². The minimum atomic E-state index is -0.400. The first-order valence-corrected chi connectivity index (χ1v) is 9.84. The first kappa shape index (κ1) is 17.8. The van der Waals surface area contributed by atoms with E-state index in [1.54, 1.807) is 0 Å². The second kappa shape index (κ2) is 7.56. The van der Waals surface area contributed by atoms with Gasteiger partial charge in [0.15, 0.2) is 0 Å². The molecule has 2 heterocycles. The van der Waals surface area contributed by atoms with Crippen molar-refractivity contribution in [2.75, 3.05) is 6.54 Å². The number of aromatic amines is 1. The number of hydrogen-bond acceptors (Lipinski definition) is 2. The van der Waals surface area contributed by atoms with E-state index in [0.717, 1.165) is 32.2 Å². The predicted molar refractivity (Wildman–Crippen MR) is 109 cm³/mol. The summed E-state index contributed by atoms with van der Waals surface area (Å²) in [5.74, 6) is -0.190. The molecule has 0 saturated carbocycles. The van der Waals surface area contributed by atoms with Gasteiger partial charge in [-0.25, -0.2) is 0 Å². The van der Waals surface area contributed by atoms with Crippen LogP contribution in [0.2, 0.25) is 0 Å². The van der Waals surface area contributed by atoms with E-state index in [9.17, 15) is 9.59 Å². The zero-order valence-corrected chi connectivity index (χ0v) is 16.3. The van der Waals surface area contributed by atoms with Crippen LogP contribution in [0.1, 0.15) is 18.4 Å². The van der Waals surface area contributed by atoms with Gasteiger partial charge in [0.2, 0.25) is 11.8 Å². The van der Waals surface area contributed by atoms with Crippen LogP contribution in [-0.2, 0) is 16.0 Å². The lowest BCUT2D eigenvalue weighted by Gasteiger charge is -2.10. The first-order chi connectivity index (χ1) is 13.1. The van der Waals surface area contributed by atoms with Gasteiger partial charge in [0.05, 0.1) is 5.52 Å². The van der Waals surface area contributed by atoms with Crippen molar-refractivity contribution in [3.8, 4) is 11.3 Å². The zero-order valence-electron chi connectivity index (χ0n) is 14.7. The molecule has 1 fully saturated rings. The van der Waals surface area contributed by atoms with Crippen LogP contribution in [-0.4, -0.2) is 29.4 Å². The number of H-pyrrole nitrogens is 1. The maximum absolute atomic E-state index is 12.4. The molecule has 0 radical (unpaired) electrons. The number of benzene rings is 2. The standard InChI is InChI=1S/C21H20BrN3O2/c22-16-8-4-7-14-15(9-10-18(26)24-17-11-12-23-21(17)27)19(25-20(14)16)13-5-2-1-3-6-13/h1-8,17,25H,9-12H2,(H,23,27)(H,24,26). The highest BCUT2D eigenvalue weighted by Gasteiger charge is 2.25. The van der Waals surface area contributed by atoms with Gasteiger partial charge < -0.3 is 15.6 Å². The van der Waals surface area contributed by atoms with Gasteiger partial charge in [-0.3, -0.25) is 9.59 Å². The van der Waals surface area contributed by atoms with Crippen molar-refractivity contribution < 1.29 is 9.59 Å². The Morgan fingerprint density at radius 1 is 1.15 bits per heavy atom. The lowest BCUT2D eigenvalue weighted by Crippen LogP contribution is -2.40. The summed E-state index contributed by atoms with van der Waals surface area (Å²) in [5.41, 5.74) is 4.26. The van der Waals surface area contributed by atoms with E-state index in [4.69, 9.17) is 0 Å². The predicted octanol–water partition coefficient (Wildman–Crippen LogP) is 3.53. The van der Waals surface area contributed by atoms with Gasteiger partial charge in [0.1, 0.15) is 6.04 Å². The van der Waals surface area contributed by atoms with Crippen LogP contribution < -0.4 is 10.6 Å². The Balaban J connectivity index is 1.61. The molecule has 27 heavy (non-hydrogen) atoms. The summed E-state index contributed by atoms with van der Waals surface area (Å²) in [5, 5.41) is 6.69.